The number of hydrogen-bond donors (Lipinski definition) is 3. The van der Waals surface area contributed by atoms with Crippen molar-refractivity contribution < 1.29 is 37.0 Å². The number of halogens is 1. The van der Waals surface area contributed by atoms with Crippen LogP contribution in [-0.4, -0.2) is 44.1 Å². The summed E-state index contributed by atoms with van der Waals surface area (Å²) in [5, 5.41) is 9.13. The normalized spacial score (nSPS) is 25.7. The van der Waals surface area contributed by atoms with E-state index in [0.29, 0.717) is 11.5 Å². The minimum Gasteiger partial charge on any atom is -0.457 e. The second-order valence-electron chi connectivity index (χ2n) is 7.09. The summed E-state index contributed by atoms with van der Waals surface area (Å²) in [7, 11) is -4.12. The molecule has 0 spiro atoms. The summed E-state index contributed by atoms with van der Waals surface area (Å²) in [5.74, 6) is -0.548. The molecule has 2 aromatic rings. The maximum absolute atomic E-state index is 13.0. The Morgan fingerprint density at radius 2 is 1.57 bits per heavy atom. The quantitative estimate of drug-likeness (QED) is 0.463. The summed E-state index contributed by atoms with van der Waals surface area (Å²) in [6.07, 6.45) is -0.850. The van der Waals surface area contributed by atoms with Crippen LogP contribution in [0, 0.1) is 5.82 Å². The van der Waals surface area contributed by atoms with Gasteiger partial charge in [-0.3, -0.25) is 10.0 Å². The van der Waals surface area contributed by atoms with E-state index in [0.717, 1.165) is 0 Å². The van der Waals surface area contributed by atoms with Crippen LogP contribution in [0.3, 0.4) is 0 Å². The SMILES string of the molecule is O=C(NO)[C@]1(NS(=O)(=O)c2ccc(Oc3ccc(F)cc3)cc2)C[C@@H]2OCO[C@@H]2C1. The highest BCUT2D eigenvalue weighted by atomic mass is 32.2. The summed E-state index contributed by atoms with van der Waals surface area (Å²) in [6, 6.07) is 10.9. The number of amides is 1. The molecule has 2 fully saturated rings. The van der Waals surface area contributed by atoms with Gasteiger partial charge in [-0.05, 0) is 48.5 Å². The van der Waals surface area contributed by atoms with Gasteiger partial charge in [0, 0.05) is 12.8 Å². The van der Waals surface area contributed by atoms with E-state index < -0.39 is 39.5 Å². The molecule has 160 valence electrons. The van der Waals surface area contributed by atoms with Crippen LogP contribution in [0.15, 0.2) is 53.4 Å². The monoisotopic (exact) mass is 438 g/mol. The number of hydroxylamine groups is 1. The van der Waals surface area contributed by atoms with Gasteiger partial charge in [0.2, 0.25) is 10.0 Å². The third-order valence-corrected chi connectivity index (χ3v) is 6.68. The number of sulfonamides is 1. The average Bonchev–Trinajstić information content (AvgIpc) is 3.29. The Morgan fingerprint density at radius 1 is 1.03 bits per heavy atom. The molecule has 11 heteroatoms. The standard InChI is InChI=1S/C19H19FN2O7S/c20-12-1-3-13(4-2-12)29-14-5-7-15(8-6-14)30(25,26)22-19(18(23)21-24)9-16-17(10-19)28-11-27-16/h1-8,16-17,22,24H,9-11H2,(H,21,23)/t16-,17+,19-. The average molecular weight is 438 g/mol. The van der Waals surface area contributed by atoms with Gasteiger partial charge in [0.05, 0.1) is 17.1 Å². The van der Waals surface area contributed by atoms with E-state index in [-0.39, 0.29) is 24.5 Å². The van der Waals surface area contributed by atoms with Crippen LogP contribution in [0.25, 0.3) is 0 Å². The molecule has 2 aromatic carbocycles. The van der Waals surface area contributed by atoms with Crippen molar-refractivity contribution in [3.8, 4) is 11.5 Å². The zero-order valence-corrected chi connectivity index (χ0v) is 16.4. The molecular weight excluding hydrogens is 419 g/mol. The molecule has 30 heavy (non-hydrogen) atoms. The van der Waals surface area contributed by atoms with Crippen molar-refractivity contribution in [2.45, 2.75) is 35.5 Å². The number of hydrogen-bond acceptors (Lipinski definition) is 7. The molecule has 4 rings (SSSR count). The first-order valence-electron chi connectivity index (χ1n) is 9.06. The van der Waals surface area contributed by atoms with Gasteiger partial charge in [-0.15, -0.1) is 0 Å². The van der Waals surface area contributed by atoms with E-state index in [1.54, 1.807) is 0 Å². The zero-order chi connectivity index (χ0) is 21.4. The molecule has 1 aliphatic heterocycles. The molecule has 0 radical (unpaired) electrons. The fourth-order valence-electron chi connectivity index (χ4n) is 3.64. The largest absolute Gasteiger partial charge is 0.457 e. The van der Waals surface area contributed by atoms with Gasteiger partial charge >= 0.3 is 0 Å². The van der Waals surface area contributed by atoms with Gasteiger partial charge in [-0.1, -0.05) is 0 Å². The Balaban J connectivity index is 1.52. The molecule has 1 saturated heterocycles. The number of nitrogens with one attached hydrogen (secondary N) is 2. The van der Waals surface area contributed by atoms with Crippen molar-refractivity contribution in [3.05, 3.63) is 54.3 Å². The summed E-state index contributed by atoms with van der Waals surface area (Å²) >= 11 is 0. The molecule has 0 bridgehead atoms. The van der Waals surface area contributed by atoms with Crippen molar-refractivity contribution in [2.75, 3.05) is 6.79 Å². The summed E-state index contributed by atoms with van der Waals surface area (Å²) in [4.78, 5) is 12.2. The predicted octanol–water partition coefficient (Wildman–Crippen LogP) is 1.68. The van der Waals surface area contributed by atoms with Crippen molar-refractivity contribution in [2.24, 2.45) is 0 Å². The van der Waals surface area contributed by atoms with E-state index in [2.05, 4.69) is 4.72 Å². The first-order chi connectivity index (χ1) is 14.3. The number of carbonyl (C=O) groups excluding carboxylic acids is 1. The maximum atomic E-state index is 13.0. The lowest BCUT2D eigenvalue weighted by Gasteiger charge is -2.28. The fraction of sp³-hybridized carbons (Fsp3) is 0.316. The van der Waals surface area contributed by atoms with Gasteiger partial charge in [-0.25, -0.2) is 18.3 Å². The van der Waals surface area contributed by atoms with E-state index in [1.807, 2.05) is 0 Å². The van der Waals surface area contributed by atoms with Crippen LogP contribution in [0.2, 0.25) is 0 Å². The Labute approximate surface area is 171 Å². The first kappa shape index (κ1) is 20.7. The fourth-order valence-corrected chi connectivity index (χ4v) is 5.03. The number of rotatable bonds is 6. The smallest absolute Gasteiger partial charge is 0.264 e. The molecule has 2 aliphatic rings. The summed E-state index contributed by atoms with van der Waals surface area (Å²) in [5.41, 5.74) is -0.0768. The second kappa shape index (κ2) is 7.93. The maximum Gasteiger partial charge on any atom is 0.264 e. The van der Waals surface area contributed by atoms with Crippen molar-refractivity contribution in [1.29, 1.82) is 0 Å². The third-order valence-electron chi connectivity index (χ3n) is 5.13. The Bertz CT molecular complexity index is 1020. The van der Waals surface area contributed by atoms with E-state index in [1.165, 1.54) is 54.0 Å². The van der Waals surface area contributed by atoms with Crippen LogP contribution in [-0.2, 0) is 24.3 Å². The van der Waals surface area contributed by atoms with Gasteiger partial charge in [0.25, 0.3) is 5.91 Å². The molecule has 3 N–H and O–H groups in total. The lowest BCUT2D eigenvalue weighted by Crippen LogP contribution is -2.57. The lowest BCUT2D eigenvalue weighted by molar-refractivity contribution is -0.136. The van der Waals surface area contributed by atoms with E-state index in [9.17, 15) is 17.6 Å². The third kappa shape index (κ3) is 4.02. The van der Waals surface area contributed by atoms with Crippen molar-refractivity contribution >= 4 is 15.9 Å². The van der Waals surface area contributed by atoms with Crippen molar-refractivity contribution in [3.63, 3.8) is 0 Å². The van der Waals surface area contributed by atoms with Gasteiger partial charge in [-0.2, -0.15) is 4.72 Å². The minimum absolute atomic E-state index is 0.0229. The van der Waals surface area contributed by atoms with Gasteiger partial charge in [0.15, 0.2) is 0 Å². The van der Waals surface area contributed by atoms with Crippen LogP contribution in [0.4, 0.5) is 4.39 Å². The first-order valence-corrected chi connectivity index (χ1v) is 10.5. The van der Waals surface area contributed by atoms with Crippen LogP contribution < -0.4 is 14.9 Å². The Kier molecular flexibility index (Phi) is 5.47. The van der Waals surface area contributed by atoms with Gasteiger partial charge < -0.3 is 14.2 Å². The molecule has 9 nitrogen and oxygen atoms in total. The number of carbonyl (C=O) groups is 1. The molecule has 0 aromatic heterocycles. The molecule has 0 unspecified atom stereocenters. The molecule has 1 saturated carbocycles. The summed E-state index contributed by atoms with van der Waals surface area (Å²) in [6.45, 7) is 0.0778. The number of benzene rings is 2. The van der Waals surface area contributed by atoms with Gasteiger partial charge in [0.1, 0.15) is 29.6 Å². The zero-order valence-electron chi connectivity index (χ0n) is 15.6. The van der Waals surface area contributed by atoms with Crippen molar-refractivity contribution in [1.82, 2.24) is 10.2 Å². The number of fused-ring (bicyclic) bond motifs is 1. The topological polar surface area (TPSA) is 123 Å². The lowest BCUT2D eigenvalue weighted by atomic mass is 9.98. The molecule has 3 atom stereocenters. The predicted molar refractivity (Wildman–Crippen MR) is 99.7 cm³/mol. The molecule has 1 aliphatic carbocycles. The van der Waals surface area contributed by atoms with E-state index >= 15 is 0 Å². The Morgan fingerprint density at radius 3 is 2.10 bits per heavy atom. The van der Waals surface area contributed by atoms with E-state index in [4.69, 9.17) is 19.4 Å². The number of ether oxygens (including phenoxy) is 3. The van der Waals surface area contributed by atoms with Crippen LogP contribution >= 0.6 is 0 Å². The Hall–Kier alpha value is -2.57. The molecule has 1 amide bonds. The van der Waals surface area contributed by atoms with Crippen LogP contribution in [0.5, 0.6) is 11.5 Å². The second-order valence-corrected chi connectivity index (χ2v) is 8.77. The highest BCUT2D eigenvalue weighted by Crippen LogP contribution is 2.38. The minimum atomic E-state index is -4.12. The summed E-state index contributed by atoms with van der Waals surface area (Å²) < 4.78 is 57.5. The highest BCUT2D eigenvalue weighted by Gasteiger charge is 2.55. The molecule has 1 heterocycles. The highest BCUT2D eigenvalue weighted by molar-refractivity contribution is 7.89. The van der Waals surface area contributed by atoms with Crippen LogP contribution in [0.1, 0.15) is 12.8 Å². The molecular formula is C19H19FN2O7S.